The Kier molecular flexibility index (Phi) is 7.79. The lowest BCUT2D eigenvalue weighted by Crippen LogP contribution is -2.46. The van der Waals surface area contributed by atoms with Crippen LogP contribution in [0.25, 0.3) is 0 Å². The molecule has 7 nitrogen and oxygen atoms in total. The average Bonchev–Trinajstić information content (AvgIpc) is 3.27. The third-order valence-corrected chi connectivity index (χ3v) is 8.11. The van der Waals surface area contributed by atoms with Gasteiger partial charge >= 0.3 is 11.8 Å². The summed E-state index contributed by atoms with van der Waals surface area (Å²) in [6.45, 7) is 2.37. The van der Waals surface area contributed by atoms with Gasteiger partial charge in [0.1, 0.15) is 5.82 Å². The minimum Gasteiger partial charge on any atom is -0.348 e. The highest BCUT2D eigenvalue weighted by Gasteiger charge is 2.33. The lowest BCUT2D eigenvalue weighted by Gasteiger charge is -2.34. The van der Waals surface area contributed by atoms with Crippen LogP contribution >= 0.6 is 11.3 Å². The molecule has 1 aliphatic heterocycles. The van der Waals surface area contributed by atoms with Gasteiger partial charge in [0, 0.05) is 24.0 Å². The van der Waals surface area contributed by atoms with E-state index in [0.717, 1.165) is 23.8 Å². The van der Waals surface area contributed by atoms with E-state index in [1.165, 1.54) is 34.7 Å². The van der Waals surface area contributed by atoms with Gasteiger partial charge in [-0.25, -0.2) is 12.8 Å². The number of hydrogen-bond acceptors (Lipinski definition) is 5. The summed E-state index contributed by atoms with van der Waals surface area (Å²) in [7, 11) is -3.78. The van der Waals surface area contributed by atoms with E-state index in [-0.39, 0.29) is 29.6 Å². The fraction of sp³-hybridized carbons (Fsp3) is 0.429. The van der Waals surface area contributed by atoms with Gasteiger partial charge in [-0.2, -0.15) is 4.31 Å². The molecule has 31 heavy (non-hydrogen) atoms. The zero-order valence-electron chi connectivity index (χ0n) is 17.3. The second-order valence-corrected chi connectivity index (χ2v) is 10.4. The van der Waals surface area contributed by atoms with Crippen molar-refractivity contribution in [2.24, 2.45) is 0 Å². The van der Waals surface area contributed by atoms with Gasteiger partial charge < -0.3 is 10.6 Å². The molecular formula is C21H26FN3O4S2. The number of sulfonamides is 1. The first kappa shape index (κ1) is 23.4. The van der Waals surface area contributed by atoms with Crippen molar-refractivity contribution < 1.29 is 22.4 Å². The summed E-state index contributed by atoms with van der Waals surface area (Å²) in [5.41, 5.74) is 0.274. The monoisotopic (exact) mass is 467 g/mol. The minimum absolute atomic E-state index is 0.0651. The standard InChI is InChI=1S/C21H26FN3O4S2/c1-15-13-18(7-8-19(15)22)31(28,29)25-11-3-2-5-16(25)9-10-23-20(26)21(27)24-14-17-6-4-12-30-17/h4,6-8,12-13,16H,2-3,5,9-11,14H2,1H3,(H,23,26)(H,24,27)/t16-/m0/s1. The van der Waals surface area contributed by atoms with Crippen LogP contribution in [0.2, 0.25) is 0 Å². The van der Waals surface area contributed by atoms with Crippen molar-refractivity contribution in [2.45, 2.75) is 50.1 Å². The van der Waals surface area contributed by atoms with E-state index in [1.807, 2.05) is 17.5 Å². The van der Waals surface area contributed by atoms with Crippen LogP contribution in [0.5, 0.6) is 0 Å². The Morgan fingerprint density at radius 3 is 2.68 bits per heavy atom. The zero-order chi connectivity index (χ0) is 22.4. The molecule has 2 aromatic rings. The molecule has 0 aliphatic carbocycles. The molecule has 1 atom stereocenters. The van der Waals surface area contributed by atoms with Crippen molar-refractivity contribution >= 4 is 33.2 Å². The molecule has 1 fully saturated rings. The maximum absolute atomic E-state index is 13.6. The summed E-state index contributed by atoms with van der Waals surface area (Å²) < 4.78 is 41.2. The Bertz CT molecular complexity index is 1030. The highest BCUT2D eigenvalue weighted by atomic mass is 32.2. The Morgan fingerprint density at radius 1 is 1.19 bits per heavy atom. The van der Waals surface area contributed by atoms with Crippen molar-refractivity contribution in [3.63, 3.8) is 0 Å². The number of piperidine rings is 1. The number of nitrogens with one attached hydrogen (secondary N) is 2. The number of benzene rings is 1. The van der Waals surface area contributed by atoms with E-state index >= 15 is 0 Å². The fourth-order valence-corrected chi connectivity index (χ4v) is 6.04. The van der Waals surface area contributed by atoms with Crippen molar-refractivity contribution in [3.05, 3.63) is 52.0 Å². The molecule has 168 valence electrons. The molecule has 2 heterocycles. The number of carbonyl (C=O) groups is 2. The first-order chi connectivity index (χ1) is 14.8. The van der Waals surface area contributed by atoms with Gasteiger partial charge in [-0.05, 0) is 61.4 Å². The molecule has 0 radical (unpaired) electrons. The maximum atomic E-state index is 13.6. The van der Waals surface area contributed by atoms with E-state index in [1.54, 1.807) is 0 Å². The summed E-state index contributed by atoms with van der Waals surface area (Å²) in [6, 6.07) is 7.22. The van der Waals surface area contributed by atoms with Crippen molar-refractivity contribution in [2.75, 3.05) is 13.1 Å². The number of rotatable bonds is 7. The Morgan fingerprint density at radius 2 is 1.97 bits per heavy atom. The highest BCUT2D eigenvalue weighted by Crippen LogP contribution is 2.27. The molecule has 0 saturated carbocycles. The molecule has 1 saturated heterocycles. The SMILES string of the molecule is Cc1cc(S(=O)(=O)N2CCCC[C@H]2CCNC(=O)C(=O)NCc2cccs2)ccc1F. The topological polar surface area (TPSA) is 95.6 Å². The molecule has 0 bridgehead atoms. The molecule has 2 amide bonds. The van der Waals surface area contributed by atoms with Gasteiger partial charge in [-0.3, -0.25) is 9.59 Å². The number of amides is 2. The van der Waals surface area contributed by atoms with E-state index in [9.17, 15) is 22.4 Å². The van der Waals surface area contributed by atoms with E-state index in [2.05, 4.69) is 10.6 Å². The minimum atomic E-state index is -3.78. The highest BCUT2D eigenvalue weighted by molar-refractivity contribution is 7.89. The summed E-state index contributed by atoms with van der Waals surface area (Å²) in [4.78, 5) is 25.0. The molecule has 1 aromatic heterocycles. The van der Waals surface area contributed by atoms with E-state index in [4.69, 9.17) is 0 Å². The number of hydrogen-bond donors (Lipinski definition) is 2. The second kappa shape index (κ2) is 10.3. The molecular weight excluding hydrogens is 441 g/mol. The molecule has 0 unspecified atom stereocenters. The molecule has 3 rings (SSSR count). The third-order valence-electron chi connectivity index (χ3n) is 5.28. The van der Waals surface area contributed by atoms with Crippen LogP contribution < -0.4 is 10.6 Å². The quantitative estimate of drug-likeness (QED) is 0.612. The molecule has 10 heteroatoms. The maximum Gasteiger partial charge on any atom is 0.309 e. The van der Waals surface area contributed by atoms with Gasteiger partial charge in [-0.1, -0.05) is 12.5 Å². The summed E-state index contributed by atoms with van der Waals surface area (Å²) in [5, 5.41) is 7.02. The normalized spacial score (nSPS) is 17.3. The van der Waals surface area contributed by atoms with Gasteiger partial charge in [0.15, 0.2) is 0 Å². The van der Waals surface area contributed by atoms with Crippen molar-refractivity contribution in [3.8, 4) is 0 Å². The van der Waals surface area contributed by atoms with Crippen molar-refractivity contribution in [1.82, 2.24) is 14.9 Å². The van der Waals surface area contributed by atoms with Gasteiger partial charge in [0.05, 0.1) is 11.4 Å². The first-order valence-electron chi connectivity index (χ1n) is 10.2. The van der Waals surface area contributed by atoms with Crippen LogP contribution in [-0.4, -0.2) is 43.7 Å². The van der Waals surface area contributed by atoms with Crippen LogP contribution in [0.15, 0.2) is 40.6 Å². The summed E-state index contributed by atoms with van der Waals surface area (Å²) >= 11 is 1.49. The largest absolute Gasteiger partial charge is 0.348 e. The molecule has 0 spiro atoms. The van der Waals surface area contributed by atoms with Crippen LogP contribution in [0.4, 0.5) is 4.39 Å². The van der Waals surface area contributed by atoms with Gasteiger partial charge in [-0.15, -0.1) is 11.3 Å². The average molecular weight is 468 g/mol. The van der Waals surface area contributed by atoms with Crippen LogP contribution in [0.3, 0.4) is 0 Å². The first-order valence-corrected chi connectivity index (χ1v) is 12.5. The van der Waals surface area contributed by atoms with Crippen molar-refractivity contribution in [1.29, 1.82) is 0 Å². The number of carbonyl (C=O) groups excluding carboxylic acids is 2. The fourth-order valence-electron chi connectivity index (χ4n) is 3.59. The van der Waals surface area contributed by atoms with Gasteiger partial charge in [0.25, 0.3) is 0 Å². The van der Waals surface area contributed by atoms with Crippen LogP contribution in [0, 0.1) is 12.7 Å². The van der Waals surface area contributed by atoms with E-state index < -0.39 is 27.7 Å². The lowest BCUT2D eigenvalue weighted by molar-refractivity contribution is -0.139. The smallest absolute Gasteiger partial charge is 0.309 e. The van der Waals surface area contributed by atoms with Gasteiger partial charge in [0.2, 0.25) is 10.0 Å². The zero-order valence-corrected chi connectivity index (χ0v) is 18.9. The predicted molar refractivity (Wildman–Crippen MR) is 116 cm³/mol. The summed E-state index contributed by atoms with van der Waals surface area (Å²) in [6.07, 6.45) is 2.69. The predicted octanol–water partition coefficient (Wildman–Crippen LogP) is 2.56. The third kappa shape index (κ3) is 5.90. The Balaban J connectivity index is 1.56. The Hall–Kier alpha value is -2.30. The summed E-state index contributed by atoms with van der Waals surface area (Å²) in [5.74, 6) is -1.91. The second-order valence-electron chi connectivity index (χ2n) is 7.48. The van der Waals surface area contributed by atoms with Crippen LogP contribution in [0.1, 0.15) is 36.1 Å². The number of nitrogens with zero attached hydrogens (tertiary/aromatic N) is 1. The lowest BCUT2D eigenvalue weighted by atomic mass is 10.0. The number of halogens is 1. The Labute approximate surface area is 185 Å². The molecule has 1 aromatic carbocycles. The molecule has 1 aliphatic rings. The van der Waals surface area contributed by atoms with E-state index in [0.29, 0.717) is 19.4 Å². The molecule has 2 N–H and O–H groups in total. The van der Waals surface area contributed by atoms with Crippen LogP contribution in [-0.2, 0) is 26.2 Å². The number of aryl methyl sites for hydroxylation is 1. The number of thiophene rings is 1.